The topological polar surface area (TPSA) is 88.1 Å². The van der Waals surface area contributed by atoms with E-state index in [2.05, 4.69) is 19.2 Å². The van der Waals surface area contributed by atoms with Gasteiger partial charge in [-0.1, -0.05) is 13.8 Å². The van der Waals surface area contributed by atoms with Crippen molar-refractivity contribution in [3.05, 3.63) is 23.8 Å². The third-order valence-corrected chi connectivity index (χ3v) is 2.82. The zero-order chi connectivity index (χ0) is 15.1. The van der Waals surface area contributed by atoms with Crippen LogP contribution < -0.4 is 15.8 Å². The van der Waals surface area contributed by atoms with Gasteiger partial charge in [-0.3, -0.25) is 4.79 Å². The van der Waals surface area contributed by atoms with Crippen molar-refractivity contribution >= 4 is 11.6 Å². The van der Waals surface area contributed by atoms with Crippen LogP contribution in [-0.4, -0.2) is 18.6 Å². The molecule has 0 heterocycles. The molecular formula is C15H21N3O2. The molecule has 1 atom stereocenters. The molecule has 108 valence electrons. The Morgan fingerprint density at radius 2 is 2.15 bits per heavy atom. The van der Waals surface area contributed by atoms with Crippen LogP contribution in [-0.2, 0) is 4.79 Å². The van der Waals surface area contributed by atoms with Gasteiger partial charge < -0.3 is 15.8 Å². The Balaban J connectivity index is 2.60. The van der Waals surface area contributed by atoms with E-state index in [0.29, 0.717) is 29.5 Å². The highest BCUT2D eigenvalue weighted by molar-refractivity contribution is 5.80. The Labute approximate surface area is 119 Å². The summed E-state index contributed by atoms with van der Waals surface area (Å²) in [6, 6.07) is 6.77. The van der Waals surface area contributed by atoms with Crippen molar-refractivity contribution in [1.29, 1.82) is 5.26 Å². The highest BCUT2D eigenvalue weighted by Gasteiger charge is 2.16. The quantitative estimate of drug-likeness (QED) is 0.778. The minimum absolute atomic E-state index is 0.189. The van der Waals surface area contributed by atoms with Gasteiger partial charge in [-0.25, -0.2) is 0 Å². The first kappa shape index (κ1) is 15.8. The first-order valence-corrected chi connectivity index (χ1v) is 6.68. The maximum Gasteiger partial charge on any atom is 0.260 e. The second-order valence-corrected chi connectivity index (χ2v) is 5.10. The van der Waals surface area contributed by atoms with Crippen molar-refractivity contribution < 1.29 is 9.53 Å². The number of rotatable bonds is 6. The van der Waals surface area contributed by atoms with E-state index in [-0.39, 0.29) is 5.91 Å². The third kappa shape index (κ3) is 4.81. The predicted molar refractivity (Wildman–Crippen MR) is 78.1 cm³/mol. The molecular weight excluding hydrogens is 254 g/mol. The largest absolute Gasteiger partial charge is 0.480 e. The second-order valence-electron chi connectivity index (χ2n) is 5.10. The fourth-order valence-corrected chi connectivity index (χ4v) is 1.61. The standard InChI is InChI=1S/C15H21N3O2/c1-10(2)6-7-18-15(19)11(3)20-14-5-4-13(17)8-12(14)9-16/h4-5,8,10-11H,6-7,17H2,1-3H3,(H,18,19). The van der Waals surface area contributed by atoms with Crippen LogP contribution in [0.1, 0.15) is 32.8 Å². The molecule has 1 rings (SSSR count). The molecule has 0 saturated heterocycles. The number of anilines is 1. The highest BCUT2D eigenvalue weighted by atomic mass is 16.5. The zero-order valence-electron chi connectivity index (χ0n) is 12.1. The Kier molecular flexibility index (Phi) is 5.85. The first-order chi connectivity index (χ1) is 9.43. The number of nitrogen functional groups attached to an aromatic ring is 1. The molecule has 0 aromatic heterocycles. The summed E-state index contributed by atoms with van der Waals surface area (Å²) in [4.78, 5) is 11.9. The number of nitrogens with zero attached hydrogens (tertiary/aromatic N) is 1. The van der Waals surface area contributed by atoms with Crippen LogP contribution in [0.2, 0.25) is 0 Å². The molecule has 0 fully saturated rings. The number of carbonyl (C=O) groups is 1. The first-order valence-electron chi connectivity index (χ1n) is 6.68. The molecule has 5 nitrogen and oxygen atoms in total. The molecule has 3 N–H and O–H groups in total. The number of hydrogen-bond acceptors (Lipinski definition) is 4. The number of amides is 1. The Morgan fingerprint density at radius 3 is 2.75 bits per heavy atom. The summed E-state index contributed by atoms with van der Waals surface area (Å²) in [5, 5.41) is 11.8. The number of benzene rings is 1. The molecule has 0 spiro atoms. The molecule has 1 amide bonds. The Morgan fingerprint density at radius 1 is 1.45 bits per heavy atom. The van der Waals surface area contributed by atoms with Gasteiger partial charge in [0.2, 0.25) is 0 Å². The maximum atomic E-state index is 11.9. The summed E-state index contributed by atoms with van der Waals surface area (Å²) in [7, 11) is 0. The molecule has 0 radical (unpaired) electrons. The van der Waals surface area contributed by atoms with E-state index in [9.17, 15) is 4.79 Å². The van der Waals surface area contributed by atoms with Crippen molar-refractivity contribution in [1.82, 2.24) is 5.32 Å². The van der Waals surface area contributed by atoms with E-state index >= 15 is 0 Å². The average molecular weight is 275 g/mol. The molecule has 0 bridgehead atoms. The lowest BCUT2D eigenvalue weighted by atomic mass is 10.1. The van der Waals surface area contributed by atoms with Crippen LogP contribution >= 0.6 is 0 Å². The number of hydrogen-bond donors (Lipinski definition) is 2. The van der Waals surface area contributed by atoms with E-state index in [1.54, 1.807) is 19.1 Å². The maximum absolute atomic E-state index is 11.9. The summed E-state index contributed by atoms with van der Waals surface area (Å²) >= 11 is 0. The van der Waals surface area contributed by atoms with Crippen molar-refractivity contribution in [2.75, 3.05) is 12.3 Å². The summed E-state index contributed by atoms with van der Waals surface area (Å²) in [6.45, 7) is 6.47. The minimum Gasteiger partial charge on any atom is -0.480 e. The predicted octanol–water partition coefficient (Wildman–Crippen LogP) is 2.07. The van der Waals surface area contributed by atoms with E-state index in [0.717, 1.165) is 6.42 Å². The molecule has 0 saturated carbocycles. The fraction of sp³-hybridized carbons (Fsp3) is 0.467. The average Bonchev–Trinajstić information content (AvgIpc) is 2.40. The summed E-state index contributed by atoms with van der Waals surface area (Å²) < 4.78 is 5.52. The number of ether oxygens (including phenoxy) is 1. The summed E-state index contributed by atoms with van der Waals surface area (Å²) in [6.07, 6.45) is 0.266. The van der Waals surface area contributed by atoms with E-state index < -0.39 is 6.10 Å². The molecule has 0 aliphatic carbocycles. The molecule has 1 aromatic rings. The van der Waals surface area contributed by atoms with Crippen molar-refractivity contribution in [2.24, 2.45) is 5.92 Å². The number of carbonyl (C=O) groups excluding carboxylic acids is 1. The van der Waals surface area contributed by atoms with Gasteiger partial charge in [-0.05, 0) is 37.5 Å². The SMILES string of the molecule is CC(C)CCNC(=O)C(C)Oc1ccc(N)cc1C#N. The lowest BCUT2D eigenvalue weighted by Crippen LogP contribution is -2.37. The lowest BCUT2D eigenvalue weighted by Gasteiger charge is -2.16. The van der Waals surface area contributed by atoms with Gasteiger partial charge in [-0.2, -0.15) is 5.26 Å². The van der Waals surface area contributed by atoms with Crippen LogP contribution in [0.15, 0.2) is 18.2 Å². The van der Waals surface area contributed by atoms with E-state index in [1.165, 1.54) is 6.07 Å². The van der Waals surface area contributed by atoms with Gasteiger partial charge in [0.15, 0.2) is 6.10 Å². The molecule has 0 aliphatic heterocycles. The van der Waals surface area contributed by atoms with E-state index in [4.69, 9.17) is 15.7 Å². The van der Waals surface area contributed by atoms with Crippen LogP contribution in [0.4, 0.5) is 5.69 Å². The normalized spacial score (nSPS) is 11.8. The van der Waals surface area contributed by atoms with Crippen molar-refractivity contribution in [2.45, 2.75) is 33.3 Å². The van der Waals surface area contributed by atoms with Gasteiger partial charge in [0.1, 0.15) is 11.8 Å². The highest BCUT2D eigenvalue weighted by Crippen LogP contribution is 2.21. The molecule has 20 heavy (non-hydrogen) atoms. The monoisotopic (exact) mass is 275 g/mol. The van der Waals surface area contributed by atoms with Crippen LogP contribution in [0.25, 0.3) is 0 Å². The fourth-order valence-electron chi connectivity index (χ4n) is 1.61. The van der Waals surface area contributed by atoms with Crippen LogP contribution in [0, 0.1) is 17.2 Å². The third-order valence-electron chi connectivity index (χ3n) is 2.82. The Hall–Kier alpha value is -2.22. The van der Waals surface area contributed by atoms with Gasteiger partial charge in [0, 0.05) is 12.2 Å². The molecule has 1 aromatic carbocycles. The smallest absolute Gasteiger partial charge is 0.260 e. The van der Waals surface area contributed by atoms with Gasteiger partial charge >= 0.3 is 0 Å². The zero-order valence-corrected chi connectivity index (χ0v) is 12.1. The van der Waals surface area contributed by atoms with Crippen molar-refractivity contribution in [3.63, 3.8) is 0 Å². The molecule has 1 unspecified atom stereocenters. The van der Waals surface area contributed by atoms with Gasteiger partial charge in [0.05, 0.1) is 5.56 Å². The number of nitrogens with one attached hydrogen (secondary N) is 1. The Bertz CT molecular complexity index is 506. The van der Waals surface area contributed by atoms with Gasteiger partial charge in [-0.15, -0.1) is 0 Å². The lowest BCUT2D eigenvalue weighted by molar-refractivity contribution is -0.127. The summed E-state index contributed by atoms with van der Waals surface area (Å²) in [5.41, 5.74) is 6.42. The number of nitrogens with two attached hydrogens (primary N) is 1. The summed E-state index contributed by atoms with van der Waals surface area (Å²) in [5.74, 6) is 0.716. The van der Waals surface area contributed by atoms with Gasteiger partial charge in [0.25, 0.3) is 5.91 Å². The van der Waals surface area contributed by atoms with E-state index in [1.807, 2.05) is 6.07 Å². The molecule has 5 heteroatoms. The van der Waals surface area contributed by atoms with Crippen LogP contribution in [0.3, 0.4) is 0 Å². The minimum atomic E-state index is -0.655. The molecule has 0 aliphatic rings. The van der Waals surface area contributed by atoms with Crippen molar-refractivity contribution in [3.8, 4) is 11.8 Å². The number of nitriles is 1. The van der Waals surface area contributed by atoms with Crippen LogP contribution in [0.5, 0.6) is 5.75 Å². The second kappa shape index (κ2) is 7.39.